The molecule has 1 fully saturated rings. The Morgan fingerprint density at radius 2 is 1.76 bits per heavy atom. The molecule has 3 aromatic carbocycles. The molecule has 1 heterocycles. The van der Waals surface area contributed by atoms with Gasteiger partial charge in [0.1, 0.15) is 17.3 Å². The van der Waals surface area contributed by atoms with Crippen LogP contribution in [0.4, 0.5) is 5.69 Å². The van der Waals surface area contributed by atoms with Gasteiger partial charge >= 0.3 is 0 Å². The van der Waals surface area contributed by atoms with Gasteiger partial charge in [0.05, 0.1) is 28.8 Å². The normalized spacial score (nSPS) is 17.5. The van der Waals surface area contributed by atoms with Crippen molar-refractivity contribution < 1.29 is 24.5 Å². The lowest BCUT2D eigenvalue weighted by molar-refractivity contribution is -0.132. The van der Waals surface area contributed by atoms with Gasteiger partial charge in [0.25, 0.3) is 11.7 Å². The van der Waals surface area contributed by atoms with Crippen molar-refractivity contribution in [1.29, 1.82) is 0 Å². The van der Waals surface area contributed by atoms with Gasteiger partial charge < -0.3 is 14.9 Å². The van der Waals surface area contributed by atoms with E-state index < -0.39 is 17.7 Å². The third-order valence-electron chi connectivity index (χ3n) is 5.50. The van der Waals surface area contributed by atoms with Gasteiger partial charge in [-0.15, -0.1) is 0 Å². The topological polar surface area (TPSA) is 87.1 Å². The van der Waals surface area contributed by atoms with Crippen LogP contribution in [0.1, 0.15) is 22.7 Å². The van der Waals surface area contributed by atoms with Crippen LogP contribution in [-0.2, 0) is 9.59 Å². The molecule has 1 aliphatic heterocycles. The number of carbonyl (C=O) groups excluding carboxylic acids is 2. The summed E-state index contributed by atoms with van der Waals surface area (Å²) in [6, 6.07) is 14.7. The summed E-state index contributed by atoms with van der Waals surface area (Å²) in [6.45, 7) is 1.76. The first-order valence-corrected chi connectivity index (χ1v) is 10.7. The highest BCUT2D eigenvalue weighted by Crippen LogP contribution is 2.44. The van der Waals surface area contributed by atoms with E-state index in [1.807, 2.05) is 0 Å². The number of hydrogen-bond acceptors (Lipinski definition) is 5. The van der Waals surface area contributed by atoms with E-state index in [-0.39, 0.29) is 22.1 Å². The van der Waals surface area contributed by atoms with Gasteiger partial charge in [-0.05, 0) is 66.6 Å². The number of amides is 1. The number of phenols is 1. The molecule has 8 heteroatoms. The predicted octanol–water partition coefficient (Wildman–Crippen LogP) is 5.64. The molecule has 0 radical (unpaired) electrons. The summed E-state index contributed by atoms with van der Waals surface area (Å²) in [7, 11) is 1.53. The van der Waals surface area contributed by atoms with E-state index in [0.29, 0.717) is 33.1 Å². The lowest BCUT2D eigenvalue weighted by Gasteiger charge is -2.26. The number of ketones is 1. The maximum Gasteiger partial charge on any atom is 0.300 e. The van der Waals surface area contributed by atoms with E-state index in [0.717, 1.165) is 0 Å². The molecule has 1 aliphatic rings. The number of aryl methyl sites for hydroxylation is 1. The van der Waals surface area contributed by atoms with Crippen LogP contribution in [0.15, 0.2) is 66.2 Å². The Morgan fingerprint density at radius 1 is 1.00 bits per heavy atom. The molecule has 1 amide bonds. The molecule has 3 aromatic rings. The van der Waals surface area contributed by atoms with Crippen LogP contribution in [0.25, 0.3) is 5.76 Å². The van der Waals surface area contributed by atoms with E-state index in [2.05, 4.69) is 0 Å². The number of halogens is 2. The van der Waals surface area contributed by atoms with Crippen molar-refractivity contribution in [2.45, 2.75) is 13.0 Å². The van der Waals surface area contributed by atoms with Crippen molar-refractivity contribution in [3.8, 4) is 11.5 Å². The highest BCUT2D eigenvalue weighted by Gasteiger charge is 2.47. The molecule has 1 unspecified atom stereocenters. The molecule has 0 spiro atoms. The average Bonchev–Trinajstić information content (AvgIpc) is 3.06. The quantitative estimate of drug-likeness (QED) is 0.284. The zero-order valence-electron chi connectivity index (χ0n) is 17.7. The highest BCUT2D eigenvalue weighted by molar-refractivity contribution is 6.52. The fourth-order valence-electron chi connectivity index (χ4n) is 3.92. The number of ether oxygens (including phenoxy) is 1. The first-order valence-electron chi connectivity index (χ1n) is 9.93. The van der Waals surface area contributed by atoms with Crippen molar-refractivity contribution in [1.82, 2.24) is 0 Å². The third-order valence-corrected chi connectivity index (χ3v) is 6.24. The van der Waals surface area contributed by atoms with E-state index in [9.17, 15) is 19.8 Å². The molecule has 33 heavy (non-hydrogen) atoms. The minimum Gasteiger partial charge on any atom is -0.508 e. The maximum absolute atomic E-state index is 13.2. The number of hydrogen-bond donors (Lipinski definition) is 2. The Labute approximate surface area is 200 Å². The standard InChI is InChI=1S/C25H19Cl2NO5/c1-13-10-17(33-2)7-8-18(13)23(30)21-22(14-4-3-5-16(29)11-14)28(25(32)24(21)31)15-6-9-19(26)20(27)12-15/h3-12,22,29-30H,1-2H3/b23-21+. The molecule has 168 valence electrons. The van der Waals surface area contributed by atoms with Crippen LogP contribution in [-0.4, -0.2) is 29.0 Å². The molecular formula is C25H19Cl2NO5. The summed E-state index contributed by atoms with van der Waals surface area (Å²) >= 11 is 12.2. The summed E-state index contributed by atoms with van der Waals surface area (Å²) in [5, 5.41) is 21.8. The second-order valence-corrected chi connectivity index (χ2v) is 8.36. The average molecular weight is 484 g/mol. The van der Waals surface area contributed by atoms with Crippen LogP contribution in [0, 0.1) is 6.92 Å². The van der Waals surface area contributed by atoms with Crippen molar-refractivity contribution >= 4 is 46.3 Å². The number of aliphatic hydroxyl groups excluding tert-OH is 1. The van der Waals surface area contributed by atoms with Gasteiger partial charge in [0, 0.05) is 11.3 Å². The van der Waals surface area contributed by atoms with Crippen LogP contribution >= 0.6 is 23.2 Å². The Hall–Kier alpha value is -3.48. The smallest absolute Gasteiger partial charge is 0.300 e. The highest BCUT2D eigenvalue weighted by atomic mass is 35.5. The third kappa shape index (κ3) is 4.03. The largest absolute Gasteiger partial charge is 0.508 e. The Balaban J connectivity index is 1.97. The number of carbonyl (C=O) groups is 2. The molecule has 1 atom stereocenters. The lowest BCUT2D eigenvalue weighted by atomic mass is 9.93. The number of phenolic OH excluding ortho intramolecular Hbond substituents is 1. The number of Topliss-reactive ketones (excluding diaryl/α,β-unsaturated/α-hetero) is 1. The molecule has 2 N–H and O–H groups in total. The summed E-state index contributed by atoms with van der Waals surface area (Å²) in [4.78, 5) is 27.6. The molecule has 6 nitrogen and oxygen atoms in total. The van der Waals surface area contributed by atoms with Gasteiger partial charge in [-0.1, -0.05) is 35.3 Å². The summed E-state index contributed by atoms with van der Waals surface area (Å²) in [5.74, 6) is -1.49. The van der Waals surface area contributed by atoms with E-state index in [4.69, 9.17) is 27.9 Å². The Bertz CT molecular complexity index is 1320. The van der Waals surface area contributed by atoms with Crippen LogP contribution in [0.2, 0.25) is 10.0 Å². The number of anilines is 1. The van der Waals surface area contributed by atoms with Gasteiger partial charge in [-0.3, -0.25) is 14.5 Å². The minimum atomic E-state index is -1.00. The SMILES string of the molecule is COc1ccc(/C(O)=C2\C(=O)C(=O)N(c3ccc(Cl)c(Cl)c3)C2c2cccc(O)c2)c(C)c1. The maximum atomic E-state index is 13.2. The summed E-state index contributed by atoms with van der Waals surface area (Å²) < 4.78 is 5.21. The van der Waals surface area contributed by atoms with Gasteiger partial charge in [0.15, 0.2) is 0 Å². The van der Waals surface area contributed by atoms with E-state index in [1.165, 1.54) is 36.3 Å². The fourth-order valence-corrected chi connectivity index (χ4v) is 4.21. The number of rotatable bonds is 4. The molecule has 0 aliphatic carbocycles. The van der Waals surface area contributed by atoms with Crippen LogP contribution < -0.4 is 9.64 Å². The fraction of sp³-hybridized carbons (Fsp3) is 0.120. The molecule has 0 saturated carbocycles. The first kappa shape index (κ1) is 22.7. The first-order chi connectivity index (χ1) is 15.7. The number of nitrogens with zero attached hydrogens (tertiary/aromatic N) is 1. The van der Waals surface area contributed by atoms with Crippen molar-refractivity contribution in [2.75, 3.05) is 12.0 Å². The minimum absolute atomic E-state index is 0.0483. The van der Waals surface area contributed by atoms with Gasteiger partial charge in [-0.25, -0.2) is 0 Å². The number of aromatic hydroxyl groups is 1. The number of aliphatic hydroxyl groups is 1. The van der Waals surface area contributed by atoms with Gasteiger partial charge in [-0.2, -0.15) is 0 Å². The van der Waals surface area contributed by atoms with Crippen molar-refractivity contribution in [3.63, 3.8) is 0 Å². The van der Waals surface area contributed by atoms with Crippen molar-refractivity contribution in [3.05, 3.63) is 93.0 Å². The summed E-state index contributed by atoms with van der Waals surface area (Å²) in [5.41, 5.74) is 1.69. The Morgan fingerprint density at radius 3 is 2.39 bits per heavy atom. The summed E-state index contributed by atoms with van der Waals surface area (Å²) in [6.07, 6.45) is 0. The predicted molar refractivity (Wildman–Crippen MR) is 127 cm³/mol. The van der Waals surface area contributed by atoms with E-state index in [1.54, 1.807) is 43.3 Å². The lowest BCUT2D eigenvalue weighted by Crippen LogP contribution is -2.29. The monoisotopic (exact) mass is 483 g/mol. The Kier molecular flexibility index (Phi) is 6.06. The zero-order valence-corrected chi connectivity index (χ0v) is 19.2. The number of benzene rings is 3. The molecular weight excluding hydrogens is 465 g/mol. The second kappa shape index (κ2) is 8.81. The van der Waals surface area contributed by atoms with Crippen molar-refractivity contribution in [2.24, 2.45) is 0 Å². The van der Waals surface area contributed by atoms with Gasteiger partial charge in [0.2, 0.25) is 0 Å². The zero-order chi connectivity index (χ0) is 23.9. The molecule has 0 bridgehead atoms. The van der Waals surface area contributed by atoms with Crippen LogP contribution in [0.3, 0.4) is 0 Å². The molecule has 4 rings (SSSR count). The molecule has 0 aromatic heterocycles. The van der Waals surface area contributed by atoms with E-state index >= 15 is 0 Å². The second-order valence-electron chi connectivity index (χ2n) is 7.54. The number of methoxy groups -OCH3 is 1. The van der Waals surface area contributed by atoms with Crippen LogP contribution in [0.5, 0.6) is 11.5 Å². The molecule has 1 saturated heterocycles.